The van der Waals surface area contributed by atoms with Crippen LogP contribution in [0.2, 0.25) is 10.0 Å². The second-order valence-corrected chi connectivity index (χ2v) is 4.81. The van der Waals surface area contributed by atoms with Gasteiger partial charge in [-0.05, 0) is 18.2 Å². The summed E-state index contributed by atoms with van der Waals surface area (Å²) in [5, 5.41) is 9.96. The minimum atomic E-state index is -0.357. The van der Waals surface area contributed by atoms with Crippen molar-refractivity contribution in [2.24, 2.45) is 0 Å². The van der Waals surface area contributed by atoms with Crippen LogP contribution in [-0.4, -0.2) is 5.78 Å². The molecule has 2 nitrogen and oxygen atoms in total. The summed E-state index contributed by atoms with van der Waals surface area (Å²) in [5.74, 6) is -0.357. The van der Waals surface area contributed by atoms with Crippen molar-refractivity contribution in [3.63, 3.8) is 0 Å². The number of hydrogen-bond acceptors (Lipinski definition) is 2. The summed E-state index contributed by atoms with van der Waals surface area (Å²) in [6, 6.07) is 15.5. The molecule has 0 radical (unpaired) electrons. The van der Waals surface area contributed by atoms with Gasteiger partial charge in [0.05, 0.1) is 0 Å². The number of hydrogen-bond donors (Lipinski definition) is 0. The van der Waals surface area contributed by atoms with Crippen molar-refractivity contribution in [3.8, 4) is 6.07 Å². The van der Waals surface area contributed by atoms with Crippen molar-refractivity contribution in [2.75, 3.05) is 0 Å². The SMILES string of the molecule is N#C/C(=C\c1c(Cl)cccc1Cl)C(=O)c1ccccc1. The van der Waals surface area contributed by atoms with E-state index in [0.29, 0.717) is 21.2 Å². The summed E-state index contributed by atoms with van der Waals surface area (Å²) in [5.41, 5.74) is 0.909. The minimum absolute atomic E-state index is 0.00815. The molecule has 0 spiro atoms. The highest BCUT2D eigenvalue weighted by Gasteiger charge is 2.13. The Morgan fingerprint density at radius 2 is 1.60 bits per heavy atom. The average molecular weight is 302 g/mol. The molecule has 2 aromatic carbocycles. The van der Waals surface area contributed by atoms with Crippen LogP contribution in [0.4, 0.5) is 0 Å². The van der Waals surface area contributed by atoms with Crippen LogP contribution < -0.4 is 0 Å². The molecule has 20 heavy (non-hydrogen) atoms. The van der Waals surface area contributed by atoms with Gasteiger partial charge in [-0.1, -0.05) is 59.6 Å². The number of carbonyl (C=O) groups is 1. The number of benzene rings is 2. The number of halogens is 2. The second-order valence-electron chi connectivity index (χ2n) is 4.00. The van der Waals surface area contributed by atoms with Gasteiger partial charge in [-0.3, -0.25) is 4.79 Å². The van der Waals surface area contributed by atoms with E-state index in [1.807, 2.05) is 6.07 Å². The summed E-state index contributed by atoms with van der Waals surface area (Å²) in [4.78, 5) is 12.2. The number of rotatable bonds is 3. The molecule has 0 aromatic heterocycles. The van der Waals surface area contributed by atoms with Crippen LogP contribution in [0, 0.1) is 11.3 Å². The number of nitriles is 1. The minimum Gasteiger partial charge on any atom is -0.288 e. The summed E-state index contributed by atoms with van der Waals surface area (Å²) < 4.78 is 0. The largest absolute Gasteiger partial charge is 0.288 e. The quantitative estimate of drug-likeness (QED) is 0.465. The first-order chi connectivity index (χ1) is 9.63. The molecule has 4 heteroatoms. The molecule has 2 aromatic rings. The Morgan fingerprint density at radius 3 is 2.15 bits per heavy atom. The topological polar surface area (TPSA) is 40.9 Å². The predicted octanol–water partition coefficient (Wildman–Crippen LogP) is 4.78. The molecule has 0 fully saturated rings. The number of ketones is 1. The van der Waals surface area contributed by atoms with Gasteiger partial charge in [0.25, 0.3) is 0 Å². The van der Waals surface area contributed by atoms with Gasteiger partial charge in [0.1, 0.15) is 11.6 Å². The zero-order chi connectivity index (χ0) is 14.5. The number of nitrogens with zero attached hydrogens (tertiary/aromatic N) is 1. The zero-order valence-corrected chi connectivity index (χ0v) is 11.8. The predicted molar refractivity (Wildman–Crippen MR) is 80.8 cm³/mol. The maximum absolute atomic E-state index is 12.2. The fraction of sp³-hybridized carbons (Fsp3) is 0. The molecule has 2 rings (SSSR count). The van der Waals surface area contributed by atoms with Gasteiger partial charge in [0.15, 0.2) is 0 Å². The first kappa shape index (κ1) is 14.3. The molecule has 0 saturated carbocycles. The van der Waals surface area contributed by atoms with E-state index in [1.54, 1.807) is 48.5 Å². The third kappa shape index (κ3) is 3.08. The highest BCUT2D eigenvalue weighted by atomic mass is 35.5. The monoisotopic (exact) mass is 301 g/mol. The van der Waals surface area contributed by atoms with Gasteiger partial charge in [0.2, 0.25) is 5.78 Å². The molecular formula is C16H9Cl2NO. The molecular weight excluding hydrogens is 293 g/mol. The Kier molecular flexibility index (Phi) is 4.57. The van der Waals surface area contributed by atoms with Crippen LogP contribution in [0.3, 0.4) is 0 Å². The summed E-state index contributed by atoms with van der Waals surface area (Å²) in [7, 11) is 0. The van der Waals surface area contributed by atoms with Gasteiger partial charge in [-0.2, -0.15) is 5.26 Å². The molecule has 0 atom stereocenters. The summed E-state index contributed by atoms with van der Waals surface area (Å²) in [6.07, 6.45) is 1.42. The van der Waals surface area contributed by atoms with E-state index in [9.17, 15) is 10.1 Å². The van der Waals surface area contributed by atoms with Gasteiger partial charge in [-0.25, -0.2) is 0 Å². The van der Waals surface area contributed by atoms with Crippen LogP contribution in [-0.2, 0) is 0 Å². The third-order valence-electron chi connectivity index (χ3n) is 2.69. The molecule has 98 valence electrons. The van der Waals surface area contributed by atoms with E-state index in [1.165, 1.54) is 6.08 Å². The lowest BCUT2D eigenvalue weighted by Gasteiger charge is -2.03. The van der Waals surface area contributed by atoms with Crippen LogP contribution in [0.15, 0.2) is 54.1 Å². The molecule has 0 aliphatic carbocycles. The zero-order valence-electron chi connectivity index (χ0n) is 10.3. The molecule has 0 saturated heterocycles. The Hall–Kier alpha value is -2.08. The van der Waals surface area contributed by atoms with Crippen LogP contribution in [0.1, 0.15) is 15.9 Å². The Balaban J connectivity index is 2.46. The molecule has 0 aliphatic rings. The van der Waals surface area contributed by atoms with Crippen molar-refractivity contribution in [3.05, 3.63) is 75.3 Å². The van der Waals surface area contributed by atoms with Crippen molar-refractivity contribution in [1.29, 1.82) is 5.26 Å². The lowest BCUT2D eigenvalue weighted by molar-refractivity contribution is 0.104. The molecule has 0 heterocycles. The van der Waals surface area contributed by atoms with E-state index in [4.69, 9.17) is 23.2 Å². The van der Waals surface area contributed by atoms with E-state index < -0.39 is 0 Å². The van der Waals surface area contributed by atoms with Crippen molar-refractivity contribution < 1.29 is 4.79 Å². The number of Topliss-reactive ketones (excluding diaryl/α,β-unsaturated/α-hetero) is 1. The Bertz CT molecular complexity index is 695. The van der Waals surface area contributed by atoms with Crippen LogP contribution >= 0.6 is 23.2 Å². The summed E-state index contributed by atoms with van der Waals surface area (Å²) >= 11 is 12.1. The van der Waals surface area contributed by atoms with E-state index in [2.05, 4.69) is 0 Å². The van der Waals surface area contributed by atoms with E-state index in [0.717, 1.165) is 0 Å². The highest BCUT2D eigenvalue weighted by Crippen LogP contribution is 2.27. The Morgan fingerprint density at radius 1 is 1.00 bits per heavy atom. The fourth-order valence-electron chi connectivity index (χ4n) is 1.69. The average Bonchev–Trinajstić information content (AvgIpc) is 2.47. The number of carbonyl (C=O) groups excluding carboxylic acids is 1. The maximum Gasteiger partial charge on any atom is 0.203 e. The van der Waals surface area contributed by atoms with E-state index >= 15 is 0 Å². The smallest absolute Gasteiger partial charge is 0.203 e. The standard InChI is InChI=1S/C16H9Cl2NO/c17-14-7-4-8-15(18)13(14)9-12(10-19)16(20)11-5-2-1-3-6-11/h1-9H/b12-9+. The highest BCUT2D eigenvalue weighted by molar-refractivity contribution is 6.37. The fourth-order valence-corrected chi connectivity index (χ4v) is 2.19. The van der Waals surface area contributed by atoms with Crippen LogP contribution in [0.5, 0.6) is 0 Å². The van der Waals surface area contributed by atoms with Crippen molar-refractivity contribution in [1.82, 2.24) is 0 Å². The molecule has 0 aliphatic heterocycles. The molecule has 0 amide bonds. The van der Waals surface area contributed by atoms with Gasteiger partial charge in [0, 0.05) is 21.2 Å². The maximum atomic E-state index is 12.2. The molecule has 0 N–H and O–H groups in total. The van der Waals surface area contributed by atoms with Gasteiger partial charge in [-0.15, -0.1) is 0 Å². The molecule has 0 unspecified atom stereocenters. The normalized spacial score (nSPS) is 10.9. The lowest BCUT2D eigenvalue weighted by Crippen LogP contribution is -2.01. The van der Waals surface area contributed by atoms with Crippen LogP contribution in [0.25, 0.3) is 6.08 Å². The summed E-state index contributed by atoms with van der Waals surface area (Å²) in [6.45, 7) is 0. The third-order valence-corrected chi connectivity index (χ3v) is 3.35. The van der Waals surface area contributed by atoms with Gasteiger partial charge < -0.3 is 0 Å². The van der Waals surface area contributed by atoms with Crippen molar-refractivity contribution >= 4 is 35.1 Å². The number of allylic oxidation sites excluding steroid dienone is 1. The first-order valence-electron chi connectivity index (χ1n) is 5.79. The molecule has 0 bridgehead atoms. The lowest BCUT2D eigenvalue weighted by atomic mass is 10.0. The van der Waals surface area contributed by atoms with Crippen molar-refractivity contribution in [2.45, 2.75) is 0 Å². The second kappa shape index (κ2) is 6.38. The van der Waals surface area contributed by atoms with E-state index in [-0.39, 0.29) is 11.4 Å². The Labute approximate surface area is 126 Å². The van der Waals surface area contributed by atoms with Gasteiger partial charge >= 0.3 is 0 Å². The first-order valence-corrected chi connectivity index (χ1v) is 6.54.